The van der Waals surface area contributed by atoms with Crippen molar-refractivity contribution in [1.29, 1.82) is 0 Å². The first-order chi connectivity index (χ1) is 12.5. The van der Waals surface area contributed by atoms with Crippen LogP contribution in [0.5, 0.6) is 0 Å². The largest absolute Gasteiger partial charge is 0.453 e. The van der Waals surface area contributed by atoms with Gasteiger partial charge < -0.3 is 14.5 Å². The fourth-order valence-electron chi connectivity index (χ4n) is 2.72. The molecule has 2 aromatic rings. The van der Waals surface area contributed by atoms with Gasteiger partial charge in [0, 0.05) is 42.3 Å². The predicted molar refractivity (Wildman–Crippen MR) is 102 cm³/mol. The third-order valence-electron chi connectivity index (χ3n) is 4.10. The number of carbonyl (C=O) groups excluding carboxylic acids is 2. The Morgan fingerprint density at radius 2 is 1.92 bits per heavy atom. The second-order valence-electron chi connectivity index (χ2n) is 5.78. The molecule has 2 amide bonds. The van der Waals surface area contributed by atoms with Crippen molar-refractivity contribution in [2.24, 2.45) is 0 Å². The fourth-order valence-corrected chi connectivity index (χ4v) is 3.54. The molecule has 0 aliphatic carbocycles. The molecule has 2 heterocycles. The molecule has 26 heavy (non-hydrogen) atoms. The molecule has 1 aromatic heterocycles. The number of benzene rings is 1. The first kappa shape index (κ1) is 18.5. The Labute approximate surface area is 160 Å². The monoisotopic (exact) mass is 394 g/mol. The molecule has 0 radical (unpaired) electrons. The number of hydrogen-bond donors (Lipinski definition) is 1. The van der Waals surface area contributed by atoms with Crippen molar-refractivity contribution in [3.8, 4) is 0 Å². The first-order valence-electron chi connectivity index (χ1n) is 8.13. The van der Waals surface area contributed by atoms with Gasteiger partial charge in [0.2, 0.25) is 5.91 Å². The SMILES string of the molecule is COC(=O)Nc1nc(CC(=O)N2CCN(c3ccc(Cl)cc3)CC2)cs1. The number of hydrogen-bond acceptors (Lipinski definition) is 6. The lowest BCUT2D eigenvalue weighted by Gasteiger charge is -2.36. The van der Waals surface area contributed by atoms with Gasteiger partial charge in [-0.05, 0) is 24.3 Å². The van der Waals surface area contributed by atoms with E-state index in [1.54, 1.807) is 5.38 Å². The number of methoxy groups -OCH3 is 1. The highest BCUT2D eigenvalue weighted by Crippen LogP contribution is 2.20. The van der Waals surface area contributed by atoms with E-state index in [4.69, 9.17) is 11.6 Å². The molecule has 3 rings (SSSR count). The van der Waals surface area contributed by atoms with Crippen LogP contribution in [0.25, 0.3) is 0 Å². The Morgan fingerprint density at radius 1 is 1.23 bits per heavy atom. The second kappa shape index (κ2) is 8.37. The van der Waals surface area contributed by atoms with Gasteiger partial charge in [-0.25, -0.2) is 9.78 Å². The summed E-state index contributed by atoms with van der Waals surface area (Å²) in [5, 5.41) is 5.41. The van der Waals surface area contributed by atoms with Gasteiger partial charge in [-0.1, -0.05) is 11.6 Å². The number of carbonyl (C=O) groups is 2. The number of amides is 2. The van der Waals surface area contributed by atoms with Crippen molar-refractivity contribution < 1.29 is 14.3 Å². The summed E-state index contributed by atoms with van der Waals surface area (Å²) in [6.45, 7) is 2.89. The van der Waals surface area contributed by atoms with E-state index in [2.05, 4.69) is 19.9 Å². The molecule has 1 fully saturated rings. The minimum atomic E-state index is -0.574. The van der Waals surface area contributed by atoms with Gasteiger partial charge in [0.05, 0.1) is 19.2 Å². The lowest BCUT2D eigenvalue weighted by Crippen LogP contribution is -2.49. The van der Waals surface area contributed by atoms with E-state index in [1.807, 2.05) is 29.2 Å². The van der Waals surface area contributed by atoms with E-state index >= 15 is 0 Å². The highest BCUT2D eigenvalue weighted by atomic mass is 35.5. The van der Waals surface area contributed by atoms with Crippen molar-refractivity contribution in [1.82, 2.24) is 9.88 Å². The summed E-state index contributed by atoms with van der Waals surface area (Å²) in [6.07, 6.45) is -0.351. The van der Waals surface area contributed by atoms with Gasteiger partial charge in [0.1, 0.15) is 0 Å². The molecule has 1 saturated heterocycles. The van der Waals surface area contributed by atoms with Crippen molar-refractivity contribution in [2.75, 3.05) is 43.5 Å². The molecule has 9 heteroatoms. The number of halogens is 1. The Morgan fingerprint density at radius 3 is 2.58 bits per heavy atom. The Bertz CT molecular complexity index is 773. The van der Waals surface area contributed by atoms with Crippen LogP contribution < -0.4 is 10.2 Å². The van der Waals surface area contributed by atoms with E-state index in [0.29, 0.717) is 28.9 Å². The molecule has 0 atom stereocenters. The smallest absolute Gasteiger partial charge is 0.413 e. The molecule has 138 valence electrons. The maximum Gasteiger partial charge on any atom is 0.413 e. The Kier molecular flexibility index (Phi) is 5.95. The van der Waals surface area contributed by atoms with Gasteiger partial charge in [0.25, 0.3) is 0 Å². The van der Waals surface area contributed by atoms with Crippen LogP contribution in [0, 0.1) is 0 Å². The van der Waals surface area contributed by atoms with Crippen LogP contribution >= 0.6 is 22.9 Å². The second-order valence-corrected chi connectivity index (χ2v) is 7.08. The molecular formula is C17H19ClN4O3S. The van der Waals surface area contributed by atoms with Crippen LogP contribution in [-0.4, -0.2) is 55.2 Å². The normalized spacial score (nSPS) is 14.2. The molecule has 7 nitrogen and oxygen atoms in total. The zero-order valence-electron chi connectivity index (χ0n) is 14.3. The Hall–Kier alpha value is -2.32. The summed E-state index contributed by atoms with van der Waals surface area (Å²) >= 11 is 7.19. The van der Waals surface area contributed by atoms with Crippen molar-refractivity contribution in [3.05, 3.63) is 40.4 Å². The lowest BCUT2D eigenvalue weighted by molar-refractivity contribution is -0.130. The molecule has 1 aromatic carbocycles. The zero-order chi connectivity index (χ0) is 18.5. The number of rotatable bonds is 4. The van der Waals surface area contributed by atoms with Crippen molar-refractivity contribution in [2.45, 2.75) is 6.42 Å². The molecular weight excluding hydrogens is 376 g/mol. The minimum absolute atomic E-state index is 0.0377. The van der Waals surface area contributed by atoms with Gasteiger partial charge in [-0.15, -0.1) is 11.3 Å². The highest BCUT2D eigenvalue weighted by molar-refractivity contribution is 7.13. The number of nitrogens with one attached hydrogen (secondary N) is 1. The number of aromatic nitrogens is 1. The quantitative estimate of drug-likeness (QED) is 0.863. The maximum atomic E-state index is 12.5. The van der Waals surface area contributed by atoms with Gasteiger partial charge in [0.15, 0.2) is 5.13 Å². The van der Waals surface area contributed by atoms with E-state index in [0.717, 1.165) is 18.8 Å². The zero-order valence-corrected chi connectivity index (χ0v) is 15.8. The third-order valence-corrected chi connectivity index (χ3v) is 5.16. The molecule has 0 bridgehead atoms. The fraction of sp³-hybridized carbons (Fsp3) is 0.353. The topological polar surface area (TPSA) is 74.8 Å². The van der Waals surface area contributed by atoms with E-state index in [9.17, 15) is 9.59 Å². The lowest BCUT2D eigenvalue weighted by atomic mass is 10.2. The maximum absolute atomic E-state index is 12.5. The summed E-state index contributed by atoms with van der Waals surface area (Å²) in [4.78, 5) is 32.0. The van der Waals surface area contributed by atoms with Crippen LogP contribution in [0.4, 0.5) is 15.6 Å². The van der Waals surface area contributed by atoms with Crippen LogP contribution in [-0.2, 0) is 16.0 Å². The van der Waals surface area contributed by atoms with Crippen molar-refractivity contribution in [3.63, 3.8) is 0 Å². The van der Waals surface area contributed by atoms with Crippen LogP contribution in [0.3, 0.4) is 0 Å². The van der Waals surface area contributed by atoms with E-state index in [-0.39, 0.29) is 12.3 Å². The van der Waals surface area contributed by atoms with Gasteiger partial charge in [-0.3, -0.25) is 10.1 Å². The van der Waals surface area contributed by atoms with Crippen LogP contribution in [0.15, 0.2) is 29.6 Å². The summed E-state index contributed by atoms with van der Waals surface area (Å²) in [6, 6.07) is 7.73. The predicted octanol–water partition coefficient (Wildman–Crippen LogP) is 2.87. The number of ether oxygens (including phenoxy) is 1. The molecule has 0 spiro atoms. The first-order valence-corrected chi connectivity index (χ1v) is 9.38. The summed E-state index contributed by atoms with van der Waals surface area (Å²) < 4.78 is 4.52. The van der Waals surface area contributed by atoms with E-state index < -0.39 is 6.09 Å². The van der Waals surface area contributed by atoms with Crippen LogP contribution in [0.1, 0.15) is 5.69 Å². The third kappa shape index (κ3) is 4.64. The molecule has 0 unspecified atom stereocenters. The van der Waals surface area contributed by atoms with E-state index in [1.165, 1.54) is 18.4 Å². The summed E-state index contributed by atoms with van der Waals surface area (Å²) in [5.74, 6) is 0.0377. The number of anilines is 2. The standard InChI is InChI=1S/C17H19ClN4O3S/c1-25-17(24)20-16-19-13(11-26-16)10-15(23)22-8-6-21(7-9-22)14-4-2-12(18)3-5-14/h2-5,11H,6-10H2,1H3,(H,19,20,24). The molecule has 1 aliphatic rings. The number of piperazine rings is 1. The molecule has 1 N–H and O–H groups in total. The number of thiazole rings is 1. The summed E-state index contributed by atoms with van der Waals surface area (Å²) in [7, 11) is 1.29. The van der Waals surface area contributed by atoms with Gasteiger partial charge >= 0.3 is 6.09 Å². The average Bonchev–Trinajstić information content (AvgIpc) is 3.09. The molecule has 1 aliphatic heterocycles. The number of nitrogens with zero attached hydrogens (tertiary/aromatic N) is 3. The Balaban J connectivity index is 1.50. The van der Waals surface area contributed by atoms with Gasteiger partial charge in [-0.2, -0.15) is 0 Å². The summed E-state index contributed by atoms with van der Waals surface area (Å²) in [5.41, 5.74) is 1.76. The average molecular weight is 395 g/mol. The molecule has 0 saturated carbocycles. The highest BCUT2D eigenvalue weighted by Gasteiger charge is 2.22. The van der Waals surface area contributed by atoms with Crippen molar-refractivity contribution >= 4 is 45.8 Å². The minimum Gasteiger partial charge on any atom is -0.453 e. The van der Waals surface area contributed by atoms with Crippen LogP contribution in [0.2, 0.25) is 5.02 Å².